The van der Waals surface area contributed by atoms with Crippen molar-refractivity contribution in [3.05, 3.63) is 53.7 Å². The number of benzene rings is 1. The molecule has 1 N–H and O–H groups in total. The summed E-state index contributed by atoms with van der Waals surface area (Å²) in [5, 5.41) is 9.81. The summed E-state index contributed by atoms with van der Waals surface area (Å²) < 4.78 is 13.0. The first-order valence-corrected chi connectivity index (χ1v) is 9.34. The van der Waals surface area contributed by atoms with Gasteiger partial charge in [0.2, 0.25) is 5.88 Å². The van der Waals surface area contributed by atoms with Crippen LogP contribution in [-0.4, -0.2) is 29.3 Å². The van der Waals surface area contributed by atoms with Crippen LogP contribution in [0.5, 0.6) is 5.88 Å². The molecule has 20 heavy (non-hydrogen) atoms. The highest BCUT2D eigenvalue weighted by atomic mass is 31.2. The van der Waals surface area contributed by atoms with Gasteiger partial charge in [-0.1, -0.05) is 30.3 Å². The van der Waals surface area contributed by atoms with Crippen LogP contribution < -0.4 is 4.84 Å². The van der Waals surface area contributed by atoms with Gasteiger partial charge in [-0.15, -0.1) is 0 Å². The van der Waals surface area contributed by atoms with Crippen molar-refractivity contribution in [3.8, 4) is 5.88 Å². The van der Waals surface area contributed by atoms with Crippen molar-refractivity contribution in [2.45, 2.75) is 13.0 Å². The number of hydrogen-bond acceptors (Lipinski definition) is 3. The Bertz CT molecular complexity index is 601. The number of hydrogen-bond donors (Lipinski definition) is 1. The smallest absolute Gasteiger partial charge is 0.225 e. The lowest BCUT2D eigenvalue weighted by molar-refractivity contribution is 0.0803. The van der Waals surface area contributed by atoms with E-state index in [1.807, 2.05) is 30.3 Å². The van der Waals surface area contributed by atoms with Gasteiger partial charge in [-0.3, -0.25) is 0 Å². The average Bonchev–Trinajstić information content (AvgIpc) is 2.75. The van der Waals surface area contributed by atoms with Crippen molar-refractivity contribution in [2.75, 3.05) is 19.5 Å². The van der Waals surface area contributed by atoms with Crippen molar-refractivity contribution < 1.29 is 14.5 Å². The van der Waals surface area contributed by atoms with Crippen LogP contribution in [0, 0.1) is 0 Å². The lowest BCUT2D eigenvalue weighted by atomic mass is 10.2. The van der Waals surface area contributed by atoms with Crippen LogP contribution >= 0.6 is 7.14 Å². The molecule has 1 aromatic heterocycles. The molecule has 0 aliphatic carbocycles. The first-order valence-electron chi connectivity index (χ1n) is 6.55. The van der Waals surface area contributed by atoms with Gasteiger partial charge in [-0.25, -0.2) is 0 Å². The van der Waals surface area contributed by atoms with Gasteiger partial charge in [-0.2, -0.15) is 4.73 Å². The predicted octanol–water partition coefficient (Wildman–Crippen LogP) is 2.99. The molecule has 0 bridgehead atoms. The summed E-state index contributed by atoms with van der Waals surface area (Å²) in [6, 6.07) is 11.4. The largest absolute Gasteiger partial charge is 0.492 e. The molecule has 0 saturated carbocycles. The molecule has 2 aromatic rings. The Hall–Kier alpha value is -1.67. The van der Waals surface area contributed by atoms with Gasteiger partial charge in [0.15, 0.2) is 0 Å². The van der Waals surface area contributed by atoms with Gasteiger partial charge in [0.25, 0.3) is 0 Å². The Kier molecular flexibility index (Phi) is 4.56. The highest BCUT2D eigenvalue weighted by molar-refractivity contribution is 7.62. The standard InChI is InChI=1S/C15H20NO3P/c1-20(2,18)9-8-14-10-15(17)16(11-14)19-12-13-6-4-3-5-7-13/h3-7,10-11,17H,8-9,12H2,1-2H3. The normalized spacial score (nSPS) is 11.5. The van der Waals surface area contributed by atoms with Crippen molar-refractivity contribution in [3.63, 3.8) is 0 Å². The second-order valence-corrected chi connectivity index (χ2v) is 8.93. The molecule has 0 unspecified atom stereocenters. The van der Waals surface area contributed by atoms with Gasteiger partial charge < -0.3 is 14.5 Å². The zero-order valence-corrected chi connectivity index (χ0v) is 12.7. The Balaban J connectivity index is 1.96. The maximum absolute atomic E-state index is 11.7. The van der Waals surface area contributed by atoms with Crippen LogP contribution in [0.3, 0.4) is 0 Å². The molecule has 0 aliphatic heterocycles. The number of aromatic hydroxyl groups is 1. The molecule has 0 atom stereocenters. The fraction of sp³-hybridized carbons (Fsp3) is 0.333. The minimum Gasteiger partial charge on any atom is -0.492 e. The van der Waals surface area contributed by atoms with Gasteiger partial charge in [0, 0.05) is 12.2 Å². The lowest BCUT2D eigenvalue weighted by Gasteiger charge is -2.07. The molecule has 4 nitrogen and oxygen atoms in total. The molecule has 5 heteroatoms. The Morgan fingerprint density at radius 3 is 2.55 bits per heavy atom. The Labute approximate surface area is 119 Å². The van der Waals surface area contributed by atoms with E-state index in [2.05, 4.69) is 0 Å². The van der Waals surface area contributed by atoms with Crippen LogP contribution in [-0.2, 0) is 17.6 Å². The summed E-state index contributed by atoms with van der Waals surface area (Å²) in [6.07, 6.45) is 3.06. The molecule has 2 rings (SSSR count). The SMILES string of the molecule is CP(C)(=O)CCc1cc(O)n(OCc2ccccc2)c1. The molecule has 0 amide bonds. The summed E-state index contributed by atoms with van der Waals surface area (Å²) in [4.78, 5) is 5.53. The summed E-state index contributed by atoms with van der Waals surface area (Å²) in [7, 11) is -2.03. The second-order valence-electron chi connectivity index (χ2n) is 5.34. The van der Waals surface area contributed by atoms with E-state index in [-0.39, 0.29) is 5.88 Å². The minimum absolute atomic E-state index is 0.0676. The third-order valence-corrected chi connectivity index (χ3v) is 4.28. The number of aromatic nitrogens is 1. The monoisotopic (exact) mass is 293 g/mol. The van der Waals surface area contributed by atoms with Crippen LogP contribution in [0.15, 0.2) is 42.6 Å². The minimum atomic E-state index is -2.03. The van der Waals surface area contributed by atoms with Crippen molar-refractivity contribution in [1.82, 2.24) is 4.73 Å². The zero-order valence-electron chi connectivity index (χ0n) is 11.8. The molecule has 0 fully saturated rings. The number of rotatable bonds is 6. The lowest BCUT2D eigenvalue weighted by Crippen LogP contribution is -2.09. The molecular weight excluding hydrogens is 273 g/mol. The van der Waals surface area contributed by atoms with E-state index in [1.54, 1.807) is 25.6 Å². The van der Waals surface area contributed by atoms with Gasteiger partial charge in [0.1, 0.15) is 6.61 Å². The van der Waals surface area contributed by atoms with Crippen molar-refractivity contribution in [1.29, 1.82) is 0 Å². The predicted molar refractivity (Wildman–Crippen MR) is 80.8 cm³/mol. The summed E-state index contributed by atoms with van der Waals surface area (Å²) in [5.41, 5.74) is 1.97. The first-order chi connectivity index (χ1) is 9.44. The van der Waals surface area contributed by atoms with E-state index in [4.69, 9.17) is 4.84 Å². The van der Waals surface area contributed by atoms with Gasteiger partial charge >= 0.3 is 0 Å². The van der Waals surface area contributed by atoms with Crippen LogP contribution in [0.1, 0.15) is 11.1 Å². The molecule has 0 spiro atoms. The first kappa shape index (κ1) is 14.7. The van der Waals surface area contributed by atoms with E-state index in [0.717, 1.165) is 11.1 Å². The quantitative estimate of drug-likeness (QED) is 0.833. The van der Waals surface area contributed by atoms with Gasteiger partial charge in [0.05, 0.1) is 13.3 Å². The van der Waals surface area contributed by atoms with Crippen LogP contribution in [0.2, 0.25) is 0 Å². The summed E-state index contributed by atoms with van der Waals surface area (Å²) >= 11 is 0. The second kappa shape index (κ2) is 6.19. The highest BCUT2D eigenvalue weighted by Crippen LogP contribution is 2.36. The molecule has 0 aliphatic rings. The van der Waals surface area contributed by atoms with Crippen LogP contribution in [0.25, 0.3) is 0 Å². The fourth-order valence-corrected chi connectivity index (χ4v) is 2.64. The molecule has 1 aromatic carbocycles. The maximum Gasteiger partial charge on any atom is 0.225 e. The molecule has 0 radical (unpaired) electrons. The fourth-order valence-electron chi connectivity index (χ4n) is 1.84. The Morgan fingerprint density at radius 2 is 1.90 bits per heavy atom. The average molecular weight is 293 g/mol. The number of nitrogens with zero attached hydrogens (tertiary/aromatic N) is 1. The van der Waals surface area contributed by atoms with Crippen molar-refractivity contribution in [2.24, 2.45) is 0 Å². The topological polar surface area (TPSA) is 51.5 Å². The third kappa shape index (κ3) is 4.46. The summed E-state index contributed by atoms with van der Waals surface area (Å²) in [5.74, 6) is 0.0676. The van der Waals surface area contributed by atoms with E-state index in [0.29, 0.717) is 19.2 Å². The molecule has 108 valence electrons. The van der Waals surface area contributed by atoms with E-state index >= 15 is 0 Å². The van der Waals surface area contributed by atoms with Crippen molar-refractivity contribution >= 4 is 7.14 Å². The third-order valence-electron chi connectivity index (χ3n) is 2.98. The highest BCUT2D eigenvalue weighted by Gasteiger charge is 2.10. The van der Waals surface area contributed by atoms with E-state index < -0.39 is 7.14 Å². The summed E-state index contributed by atoms with van der Waals surface area (Å²) in [6.45, 7) is 3.94. The maximum atomic E-state index is 11.7. The van der Waals surface area contributed by atoms with E-state index in [9.17, 15) is 9.67 Å². The number of aryl methyl sites for hydroxylation is 1. The molecule has 1 heterocycles. The zero-order chi connectivity index (χ0) is 14.6. The molecular formula is C15H20NO3P. The van der Waals surface area contributed by atoms with Gasteiger partial charge in [-0.05, 0) is 30.9 Å². The molecule has 0 saturated heterocycles. The van der Waals surface area contributed by atoms with Crippen LogP contribution in [0.4, 0.5) is 0 Å². The van der Waals surface area contributed by atoms with E-state index in [1.165, 1.54) is 4.73 Å². The Morgan fingerprint density at radius 1 is 1.20 bits per heavy atom.